The van der Waals surface area contributed by atoms with Crippen LogP contribution in [-0.2, 0) is 0 Å². The molecule has 0 spiro atoms. The lowest BCUT2D eigenvalue weighted by atomic mass is 10.2. The number of hydrogen-bond acceptors (Lipinski definition) is 2. The van der Waals surface area contributed by atoms with E-state index in [2.05, 4.69) is 32.7 Å². The number of aromatic nitrogens is 2. The second-order valence-electron chi connectivity index (χ2n) is 2.59. The Balaban J connectivity index is 3.75. The van der Waals surface area contributed by atoms with Crippen molar-refractivity contribution in [1.82, 2.24) is 10.2 Å². The largest absolute Gasteiger partial charge is 0.154 e. The Morgan fingerprint density at radius 2 is 2.00 bits per heavy atom. The van der Waals surface area contributed by atoms with Gasteiger partial charge in [0.15, 0.2) is 0 Å². The first-order valence-corrected chi connectivity index (χ1v) is 4.78. The van der Waals surface area contributed by atoms with Crippen LogP contribution in [0.4, 0.5) is 0 Å². The highest BCUT2D eigenvalue weighted by molar-refractivity contribution is 9.10. The molecule has 1 rings (SSSR count). The molecule has 0 bridgehead atoms. The van der Waals surface area contributed by atoms with Gasteiger partial charge in [0, 0.05) is 10.4 Å². The van der Waals surface area contributed by atoms with E-state index in [-0.39, 0.29) is 0 Å². The van der Waals surface area contributed by atoms with E-state index in [1.807, 2.05) is 26.0 Å². The average Bonchev–Trinajstić information content (AvgIpc) is 2.12. The first-order chi connectivity index (χ1) is 6.20. The molecule has 0 saturated heterocycles. The van der Waals surface area contributed by atoms with Crippen LogP contribution >= 0.6 is 15.9 Å². The van der Waals surface area contributed by atoms with Crippen LogP contribution in [0.1, 0.15) is 12.6 Å². The van der Waals surface area contributed by atoms with Crippen molar-refractivity contribution in [3.05, 3.63) is 33.4 Å². The Bertz CT molecular complexity index is 435. The summed E-state index contributed by atoms with van der Waals surface area (Å²) in [5, 5.41) is 10.1. The molecule has 0 N–H and O–H groups in total. The van der Waals surface area contributed by atoms with Gasteiger partial charge >= 0.3 is 0 Å². The lowest BCUT2D eigenvalue weighted by Crippen LogP contribution is -2.30. The first-order valence-electron chi connectivity index (χ1n) is 3.98. The van der Waals surface area contributed by atoms with Crippen molar-refractivity contribution in [3.8, 4) is 0 Å². The molecule has 2 nitrogen and oxygen atoms in total. The predicted octanol–water partition coefficient (Wildman–Crippen LogP) is 1.31. The van der Waals surface area contributed by atoms with Gasteiger partial charge < -0.3 is 0 Å². The van der Waals surface area contributed by atoms with E-state index in [1.165, 1.54) is 0 Å². The number of nitrogens with zero attached hydrogens (tertiary/aromatic N) is 2. The second kappa shape index (κ2) is 4.33. The van der Waals surface area contributed by atoms with Crippen molar-refractivity contribution in [2.75, 3.05) is 0 Å². The molecule has 1 aromatic heterocycles. The molecule has 0 aliphatic heterocycles. The molecular weight excluding hydrogens is 228 g/mol. The number of allylic oxidation sites excluding steroid dienone is 1. The van der Waals surface area contributed by atoms with Crippen molar-refractivity contribution in [3.63, 3.8) is 0 Å². The van der Waals surface area contributed by atoms with Crippen molar-refractivity contribution in [2.45, 2.75) is 13.8 Å². The molecule has 1 heterocycles. The molecule has 68 valence electrons. The number of rotatable bonds is 1. The quantitative estimate of drug-likeness (QED) is 0.738. The van der Waals surface area contributed by atoms with E-state index < -0.39 is 0 Å². The number of aryl methyl sites for hydroxylation is 1. The van der Waals surface area contributed by atoms with E-state index >= 15 is 0 Å². The van der Waals surface area contributed by atoms with Gasteiger partial charge in [-0.25, -0.2) is 0 Å². The van der Waals surface area contributed by atoms with Crippen LogP contribution in [0.15, 0.2) is 17.3 Å². The molecule has 0 fully saturated rings. The normalized spacial score (nSPS) is 13.5. The maximum Gasteiger partial charge on any atom is 0.136 e. The zero-order valence-electron chi connectivity index (χ0n) is 7.71. The van der Waals surface area contributed by atoms with Gasteiger partial charge in [0.05, 0.1) is 5.69 Å². The van der Waals surface area contributed by atoms with Crippen molar-refractivity contribution in [2.24, 2.45) is 0 Å². The van der Waals surface area contributed by atoms with Crippen LogP contribution in [0.25, 0.3) is 12.2 Å². The predicted molar refractivity (Wildman–Crippen MR) is 58.5 cm³/mol. The van der Waals surface area contributed by atoms with Crippen LogP contribution in [0.5, 0.6) is 0 Å². The Morgan fingerprint density at radius 1 is 1.31 bits per heavy atom. The maximum atomic E-state index is 4.01. The molecule has 0 unspecified atom stereocenters. The van der Waals surface area contributed by atoms with Gasteiger partial charge in [0.25, 0.3) is 0 Å². The van der Waals surface area contributed by atoms with E-state index in [1.54, 1.807) is 6.08 Å². The minimum absolute atomic E-state index is 0.772. The number of halogens is 1. The zero-order chi connectivity index (χ0) is 9.84. The average molecular weight is 239 g/mol. The second-order valence-corrected chi connectivity index (χ2v) is 3.35. The summed E-state index contributed by atoms with van der Waals surface area (Å²) in [5.41, 5.74) is 0.913. The topological polar surface area (TPSA) is 25.8 Å². The van der Waals surface area contributed by atoms with E-state index in [0.29, 0.717) is 0 Å². The van der Waals surface area contributed by atoms with Crippen LogP contribution in [0.2, 0.25) is 0 Å². The summed E-state index contributed by atoms with van der Waals surface area (Å²) in [5.74, 6) is 0. The third-order valence-electron chi connectivity index (χ3n) is 1.76. The molecule has 3 heteroatoms. The third-order valence-corrected chi connectivity index (χ3v) is 2.35. The molecule has 0 saturated carbocycles. The summed E-state index contributed by atoms with van der Waals surface area (Å²) < 4.78 is 0.772. The van der Waals surface area contributed by atoms with Crippen molar-refractivity contribution < 1.29 is 0 Å². The van der Waals surface area contributed by atoms with Gasteiger partial charge in [-0.15, -0.1) is 5.10 Å². The molecule has 0 amide bonds. The molecule has 1 aromatic rings. The van der Waals surface area contributed by atoms with Crippen LogP contribution in [0, 0.1) is 6.92 Å². The molecular formula is C10H11BrN2. The van der Waals surface area contributed by atoms with Crippen molar-refractivity contribution in [1.29, 1.82) is 0 Å². The Labute approximate surface area is 85.8 Å². The number of hydrogen-bond donors (Lipinski definition) is 0. The standard InChI is InChI=1S/C10H11BrN2/c1-4-6-9-7(3)12-13-10(11)8(9)5-2/h4-6H,1H2,2-3H3/b8-5+,9-6-. The molecule has 0 atom stereocenters. The molecule has 0 aliphatic rings. The fourth-order valence-corrected chi connectivity index (χ4v) is 1.66. The van der Waals surface area contributed by atoms with Gasteiger partial charge in [0.2, 0.25) is 0 Å². The van der Waals surface area contributed by atoms with Gasteiger partial charge in [-0.2, -0.15) is 5.10 Å². The summed E-state index contributed by atoms with van der Waals surface area (Å²) in [4.78, 5) is 0. The zero-order valence-corrected chi connectivity index (χ0v) is 9.30. The van der Waals surface area contributed by atoms with E-state index in [0.717, 1.165) is 20.7 Å². The molecule has 13 heavy (non-hydrogen) atoms. The summed E-state index contributed by atoms with van der Waals surface area (Å²) in [6.45, 7) is 7.58. The smallest absolute Gasteiger partial charge is 0.136 e. The van der Waals surface area contributed by atoms with Crippen LogP contribution < -0.4 is 10.4 Å². The summed E-state index contributed by atoms with van der Waals surface area (Å²) in [7, 11) is 0. The van der Waals surface area contributed by atoms with Gasteiger partial charge in [-0.05, 0) is 29.8 Å². The summed E-state index contributed by atoms with van der Waals surface area (Å²) in [6, 6.07) is 0. The van der Waals surface area contributed by atoms with Gasteiger partial charge in [0.1, 0.15) is 4.60 Å². The minimum Gasteiger partial charge on any atom is -0.154 e. The third kappa shape index (κ3) is 2.04. The van der Waals surface area contributed by atoms with E-state index in [9.17, 15) is 0 Å². The fourth-order valence-electron chi connectivity index (χ4n) is 1.14. The fraction of sp³-hybridized carbons (Fsp3) is 0.200. The van der Waals surface area contributed by atoms with Gasteiger partial charge in [-0.1, -0.05) is 24.8 Å². The SMILES string of the molecule is C=C/C=c1/c(C)nnc(Br)/c1=C/C. The summed E-state index contributed by atoms with van der Waals surface area (Å²) in [6.07, 6.45) is 5.69. The van der Waals surface area contributed by atoms with Gasteiger partial charge in [-0.3, -0.25) is 0 Å². The molecule has 0 aromatic carbocycles. The Morgan fingerprint density at radius 3 is 2.54 bits per heavy atom. The van der Waals surface area contributed by atoms with Crippen LogP contribution in [-0.4, -0.2) is 10.2 Å². The Kier molecular flexibility index (Phi) is 3.37. The van der Waals surface area contributed by atoms with Crippen LogP contribution in [0.3, 0.4) is 0 Å². The first kappa shape index (κ1) is 10.1. The minimum atomic E-state index is 0.772. The molecule has 0 radical (unpaired) electrons. The highest BCUT2D eigenvalue weighted by atomic mass is 79.9. The lowest BCUT2D eigenvalue weighted by molar-refractivity contribution is 0.932. The maximum absolute atomic E-state index is 4.01. The van der Waals surface area contributed by atoms with Crippen molar-refractivity contribution >= 4 is 28.1 Å². The monoisotopic (exact) mass is 238 g/mol. The highest BCUT2D eigenvalue weighted by Crippen LogP contribution is 1.93. The highest BCUT2D eigenvalue weighted by Gasteiger charge is 1.97. The molecule has 0 aliphatic carbocycles. The Hall–Kier alpha value is -0.960. The van der Waals surface area contributed by atoms with E-state index in [4.69, 9.17) is 0 Å². The lowest BCUT2D eigenvalue weighted by Gasteiger charge is -1.95. The summed E-state index contributed by atoms with van der Waals surface area (Å²) >= 11 is 3.35.